The fourth-order valence-electron chi connectivity index (χ4n) is 2.41. The Labute approximate surface area is 144 Å². The van der Waals surface area contributed by atoms with E-state index in [9.17, 15) is 0 Å². The van der Waals surface area contributed by atoms with Crippen LogP contribution in [-0.2, 0) is 11.3 Å². The summed E-state index contributed by atoms with van der Waals surface area (Å²) >= 11 is 0. The molecule has 0 aliphatic rings. The monoisotopic (exact) mass is 328 g/mol. The highest BCUT2D eigenvalue weighted by Crippen LogP contribution is 2.12. The molecule has 2 aromatic heterocycles. The van der Waals surface area contributed by atoms with Crippen molar-refractivity contribution < 1.29 is 4.74 Å². The molecule has 0 aliphatic heterocycles. The van der Waals surface area contributed by atoms with Gasteiger partial charge in [0.25, 0.3) is 0 Å². The SMILES string of the molecule is C=CCCOCc1nc(/C=C/CC(C)N(C)CC)cn2ccnc12. The van der Waals surface area contributed by atoms with E-state index in [0.29, 0.717) is 19.3 Å². The van der Waals surface area contributed by atoms with Crippen LogP contribution in [0.4, 0.5) is 0 Å². The Morgan fingerprint density at radius 2 is 2.29 bits per heavy atom. The zero-order valence-electron chi connectivity index (χ0n) is 15.0. The Morgan fingerprint density at radius 3 is 3.04 bits per heavy atom. The molecule has 1 atom stereocenters. The summed E-state index contributed by atoms with van der Waals surface area (Å²) in [4.78, 5) is 11.4. The Balaban J connectivity index is 2.08. The molecular formula is C19H28N4O. The van der Waals surface area contributed by atoms with Gasteiger partial charge in [0, 0.05) is 24.6 Å². The van der Waals surface area contributed by atoms with E-state index in [1.54, 1.807) is 6.20 Å². The molecule has 0 aromatic carbocycles. The summed E-state index contributed by atoms with van der Waals surface area (Å²) in [5.74, 6) is 0. The van der Waals surface area contributed by atoms with E-state index in [1.807, 2.05) is 22.9 Å². The summed E-state index contributed by atoms with van der Waals surface area (Å²) in [6.45, 7) is 10.3. The van der Waals surface area contributed by atoms with Crippen LogP contribution >= 0.6 is 0 Å². The van der Waals surface area contributed by atoms with E-state index in [1.165, 1.54) is 0 Å². The largest absolute Gasteiger partial charge is 0.375 e. The van der Waals surface area contributed by atoms with Crippen LogP contribution in [-0.4, -0.2) is 45.5 Å². The van der Waals surface area contributed by atoms with Crippen molar-refractivity contribution in [1.29, 1.82) is 0 Å². The predicted molar refractivity (Wildman–Crippen MR) is 98.9 cm³/mol. The van der Waals surface area contributed by atoms with Crippen molar-refractivity contribution in [2.45, 2.75) is 39.3 Å². The van der Waals surface area contributed by atoms with E-state index in [-0.39, 0.29) is 0 Å². The average molecular weight is 328 g/mol. The fourth-order valence-corrected chi connectivity index (χ4v) is 2.41. The van der Waals surface area contributed by atoms with Crippen LogP contribution in [0.3, 0.4) is 0 Å². The third kappa shape index (κ3) is 5.01. The molecule has 5 nitrogen and oxygen atoms in total. The van der Waals surface area contributed by atoms with E-state index in [0.717, 1.165) is 36.4 Å². The van der Waals surface area contributed by atoms with Crippen LogP contribution in [0.15, 0.2) is 37.3 Å². The molecule has 2 rings (SSSR count). The first-order valence-corrected chi connectivity index (χ1v) is 8.53. The Bertz CT molecular complexity index is 677. The number of imidazole rings is 1. The van der Waals surface area contributed by atoms with Crippen LogP contribution in [0.2, 0.25) is 0 Å². The van der Waals surface area contributed by atoms with E-state index in [2.05, 4.69) is 49.5 Å². The second-order valence-electron chi connectivity index (χ2n) is 5.96. The zero-order chi connectivity index (χ0) is 17.4. The van der Waals surface area contributed by atoms with Crippen LogP contribution in [0, 0.1) is 0 Å². The first-order chi connectivity index (χ1) is 11.7. The molecule has 0 saturated carbocycles. The summed E-state index contributed by atoms with van der Waals surface area (Å²) in [6, 6.07) is 0.518. The van der Waals surface area contributed by atoms with Crippen LogP contribution < -0.4 is 0 Å². The van der Waals surface area contributed by atoms with Gasteiger partial charge in [0.05, 0.1) is 18.9 Å². The third-order valence-corrected chi connectivity index (χ3v) is 4.18. The molecule has 0 radical (unpaired) electrons. The molecule has 0 spiro atoms. The smallest absolute Gasteiger partial charge is 0.161 e. The minimum atomic E-state index is 0.463. The number of ether oxygens (including phenoxy) is 1. The molecule has 0 aliphatic carbocycles. The van der Waals surface area contributed by atoms with Gasteiger partial charge in [-0.1, -0.05) is 19.1 Å². The van der Waals surface area contributed by atoms with Gasteiger partial charge in [0.15, 0.2) is 5.65 Å². The van der Waals surface area contributed by atoms with Crippen molar-refractivity contribution >= 4 is 11.7 Å². The summed E-state index contributed by atoms with van der Waals surface area (Å²) < 4.78 is 7.66. The normalized spacial score (nSPS) is 13.2. The number of aromatic nitrogens is 3. The van der Waals surface area contributed by atoms with E-state index in [4.69, 9.17) is 9.72 Å². The van der Waals surface area contributed by atoms with Gasteiger partial charge < -0.3 is 14.0 Å². The highest BCUT2D eigenvalue weighted by molar-refractivity contribution is 5.50. The molecule has 0 N–H and O–H groups in total. The van der Waals surface area contributed by atoms with Crippen molar-refractivity contribution in [1.82, 2.24) is 19.3 Å². The van der Waals surface area contributed by atoms with Gasteiger partial charge in [-0.05, 0) is 39.4 Å². The third-order valence-electron chi connectivity index (χ3n) is 4.18. The van der Waals surface area contributed by atoms with Crippen LogP contribution in [0.1, 0.15) is 38.1 Å². The number of hydrogen-bond donors (Lipinski definition) is 0. The first kappa shape index (κ1) is 18.4. The van der Waals surface area contributed by atoms with Gasteiger partial charge in [0.1, 0.15) is 5.69 Å². The Morgan fingerprint density at radius 1 is 1.46 bits per heavy atom. The number of hydrogen-bond acceptors (Lipinski definition) is 4. The van der Waals surface area contributed by atoms with Gasteiger partial charge in [-0.15, -0.1) is 6.58 Å². The lowest BCUT2D eigenvalue weighted by molar-refractivity contribution is 0.123. The van der Waals surface area contributed by atoms with Gasteiger partial charge >= 0.3 is 0 Å². The number of fused-ring (bicyclic) bond motifs is 1. The summed E-state index contributed by atoms with van der Waals surface area (Å²) in [7, 11) is 2.15. The Kier molecular flexibility index (Phi) is 7.15. The Hall–Kier alpha value is -1.98. The molecule has 5 heteroatoms. The van der Waals surface area contributed by atoms with Gasteiger partial charge in [-0.3, -0.25) is 0 Å². The molecule has 0 fully saturated rings. The minimum Gasteiger partial charge on any atom is -0.375 e. The van der Waals surface area contributed by atoms with Crippen molar-refractivity contribution in [3.8, 4) is 0 Å². The van der Waals surface area contributed by atoms with Crippen molar-refractivity contribution in [3.05, 3.63) is 48.7 Å². The molecule has 0 amide bonds. The maximum absolute atomic E-state index is 5.66. The first-order valence-electron chi connectivity index (χ1n) is 8.53. The highest BCUT2D eigenvalue weighted by atomic mass is 16.5. The highest BCUT2D eigenvalue weighted by Gasteiger charge is 2.07. The molecule has 24 heavy (non-hydrogen) atoms. The second-order valence-corrected chi connectivity index (χ2v) is 5.96. The van der Waals surface area contributed by atoms with E-state index < -0.39 is 0 Å². The lowest BCUT2D eigenvalue weighted by atomic mass is 10.2. The number of nitrogens with zero attached hydrogens (tertiary/aromatic N) is 4. The summed E-state index contributed by atoms with van der Waals surface area (Å²) in [5, 5.41) is 0. The summed E-state index contributed by atoms with van der Waals surface area (Å²) in [6.07, 6.45) is 13.7. The second kappa shape index (κ2) is 9.35. The van der Waals surface area contributed by atoms with Crippen molar-refractivity contribution in [2.24, 2.45) is 0 Å². The quantitative estimate of drug-likeness (QED) is 0.494. The molecule has 0 saturated heterocycles. The standard InChI is InChI=1S/C19H28N4O/c1-5-7-13-24-15-18-19-20-11-12-23(19)14-17(21-18)10-8-9-16(3)22(4)6-2/h5,8,10-12,14,16H,1,6-7,9,13,15H2,2-4H3/b10-8+. The van der Waals surface area contributed by atoms with Gasteiger partial charge in [0.2, 0.25) is 0 Å². The molecule has 130 valence electrons. The molecule has 1 unspecified atom stereocenters. The topological polar surface area (TPSA) is 42.7 Å². The molecule has 2 aromatic rings. The minimum absolute atomic E-state index is 0.463. The molecular weight excluding hydrogens is 300 g/mol. The average Bonchev–Trinajstić information content (AvgIpc) is 3.06. The maximum Gasteiger partial charge on any atom is 0.161 e. The zero-order valence-corrected chi connectivity index (χ0v) is 15.0. The lowest BCUT2D eigenvalue weighted by Crippen LogP contribution is -2.27. The summed E-state index contributed by atoms with van der Waals surface area (Å²) in [5.41, 5.74) is 2.64. The van der Waals surface area contributed by atoms with Crippen LogP contribution in [0.25, 0.3) is 11.7 Å². The molecule has 0 bridgehead atoms. The lowest BCUT2D eigenvalue weighted by Gasteiger charge is -2.21. The molecule has 2 heterocycles. The van der Waals surface area contributed by atoms with Gasteiger partial charge in [-0.25, -0.2) is 9.97 Å². The number of rotatable bonds is 10. The van der Waals surface area contributed by atoms with E-state index >= 15 is 0 Å². The van der Waals surface area contributed by atoms with Crippen LogP contribution in [0.5, 0.6) is 0 Å². The van der Waals surface area contributed by atoms with Crippen molar-refractivity contribution in [2.75, 3.05) is 20.2 Å². The van der Waals surface area contributed by atoms with Gasteiger partial charge in [-0.2, -0.15) is 0 Å². The fraction of sp³-hybridized carbons (Fsp3) is 0.474. The van der Waals surface area contributed by atoms with Crippen molar-refractivity contribution in [3.63, 3.8) is 0 Å². The predicted octanol–water partition coefficient (Wildman–Crippen LogP) is 3.57. The maximum atomic E-state index is 5.66.